The average Bonchev–Trinajstić information content (AvgIpc) is 2.63. The van der Waals surface area contributed by atoms with Gasteiger partial charge in [0, 0.05) is 11.3 Å². The monoisotopic (exact) mass is 268 g/mol. The summed E-state index contributed by atoms with van der Waals surface area (Å²) >= 11 is 5.72. The highest BCUT2D eigenvalue weighted by atomic mass is 35.5. The quantitative estimate of drug-likeness (QED) is 0.899. The standard InChI is InChI=1S/C12H10ClFN2O2/c1-6-12(10(16-15-6)5-11(17)18)7-2-3-9(14)8(13)4-7/h2-4H,5H2,1H3,(H,15,16)(H,17,18). The highest BCUT2D eigenvalue weighted by molar-refractivity contribution is 6.31. The third-order valence-electron chi connectivity index (χ3n) is 2.55. The summed E-state index contributed by atoms with van der Waals surface area (Å²) < 4.78 is 13.1. The van der Waals surface area contributed by atoms with E-state index in [0.717, 1.165) is 0 Å². The third-order valence-corrected chi connectivity index (χ3v) is 2.84. The molecule has 1 aromatic heterocycles. The molecule has 94 valence electrons. The van der Waals surface area contributed by atoms with Crippen molar-refractivity contribution < 1.29 is 14.3 Å². The molecule has 0 spiro atoms. The third kappa shape index (κ3) is 2.36. The SMILES string of the molecule is Cc1[nH]nc(CC(=O)O)c1-c1ccc(F)c(Cl)c1. The van der Waals surface area contributed by atoms with Crippen LogP contribution in [-0.2, 0) is 11.2 Å². The molecule has 6 heteroatoms. The Kier molecular flexibility index (Phi) is 3.34. The number of H-pyrrole nitrogens is 1. The number of hydrogen-bond donors (Lipinski definition) is 2. The number of nitrogens with one attached hydrogen (secondary N) is 1. The Morgan fingerprint density at radius 2 is 2.28 bits per heavy atom. The van der Waals surface area contributed by atoms with Crippen LogP contribution in [0.15, 0.2) is 18.2 Å². The average molecular weight is 269 g/mol. The summed E-state index contributed by atoms with van der Waals surface area (Å²) in [7, 11) is 0. The number of carboxylic acids is 1. The number of aryl methyl sites for hydroxylation is 1. The molecule has 18 heavy (non-hydrogen) atoms. The van der Waals surface area contributed by atoms with Crippen molar-refractivity contribution in [3.63, 3.8) is 0 Å². The van der Waals surface area contributed by atoms with Gasteiger partial charge in [-0.3, -0.25) is 9.89 Å². The molecule has 1 aromatic carbocycles. The van der Waals surface area contributed by atoms with Crippen LogP contribution in [0.2, 0.25) is 5.02 Å². The zero-order chi connectivity index (χ0) is 13.3. The van der Waals surface area contributed by atoms with Crippen LogP contribution in [0, 0.1) is 12.7 Å². The fourth-order valence-electron chi connectivity index (χ4n) is 1.79. The summed E-state index contributed by atoms with van der Waals surface area (Å²) in [6, 6.07) is 4.25. The van der Waals surface area contributed by atoms with Gasteiger partial charge in [-0.2, -0.15) is 5.10 Å². The molecule has 0 aliphatic heterocycles. The van der Waals surface area contributed by atoms with E-state index in [1.807, 2.05) is 0 Å². The number of aromatic amines is 1. The minimum atomic E-state index is -0.976. The first kappa shape index (κ1) is 12.6. The maximum Gasteiger partial charge on any atom is 0.309 e. The molecule has 2 rings (SSSR count). The molecule has 0 atom stereocenters. The van der Waals surface area contributed by atoms with Crippen molar-refractivity contribution in [1.29, 1.82) is 0 Å². The van der Waals surface area contributed by atoms with Gasteiger partial charge in [0.2, 0.25) is 0 Å². The van der Waals surface area contributed by atoms with Crippen LogP contribution in [0.4, 0.5) is 4.39 Å². The molecule has 2 aromatic rings. The number of aliphatic carboxylic acids is 1. The van der Waals surface area contributed by atoms with Crippen molar-refractivity contribution in [2.24, 2.45) is 0 Å². The van der Waals surface area contributed by atoms with E-state index in [1.54, 1.807) is 13.0 Å². The van der Waals surface area contributed by atoms with Gasteiger partial charge in [0.25, 0.3) is 0 Å². The van der Waals surface area contributed by atoms with E-state index in [0.29, 0.717) is 22.5 Å². The largest absolute Gasteiger partial charge is 0.481 e. The molecular formula is C12H10ClFN2O2. The first-order chi connectivity index (χ1) is 8.49. The maximum atomic E-state index is 13.1. The number of nitrogens with zero attached hydrogens (tertiary/aromatic N) is 1. The first-order valence-electron chi connectivity index (χ1n) is 5.20. The number of carboxylic acid groups (broad SMARTS) is 1. The lowest BCUT2D eigenvalue weighted by molar-refractivity contribution is -0.136. The number of rotatable bonds is 3. The minimum absolute atomic E-state index is 0.00521. The van der Waals surface area contributed by atoms with E-state index in [-0.39, 0.29) is 11.4 Å². The van der Waals surface area contributed by atoms with Crippen LogP contribution in [0.1, 0.15) is 11.4 Å². The lowest BCUT2D eigenvalue weighted by atomic mass is 10.0. The minimum Gasteiger partial charge on any atom is -0.481 e. The number of carbonyl (C=O) groups is 1. The topological polar surface area (TPSA) is 66.0 Å². The zero-order valence-corrected chi connectivity index (χ0v) is 10.3. The molecule has 0 aliphatic carbocycles. The van der Waals surface area contributed by atoms with E-state index in [9.17, 15) is 9.18 Å². The van der Waals surface area contributed by atoms with Gasteiger partial charge in [-0.15, -0.1) is 0 Å². The second-order valence-electron chi connectivity index (χ2n) is 3.87. The maximum absolute atomic E-state index is 13.1. The Labute approximate surface area is 107 Å². The second kappa shape index (κ2) is 4.78. The Balaban J connectivity index is 2.52. The molecule has 0 radical (unpaired) electrons. The molecule has 1 heterocycles. The van der Waals surface area contributed by atoms with Crippen LogP contribution < -0.4 is 0 Å². The summed E-state index contributed by atoms with van der Waals surface area (Å²) in [4.78, 5) is 10.7. The van der Waals surface area contributed by atoms with Crippen LogP contribution in [0.25, 0.3) is 11.1 Å². The number of benzene rings is 1. The predicted molar refractivity (Wildman–Crippen MR) is 65.1 cm³/mol. The molecule has 0 aliphatic rings. The number of halogens is 2. The smallest absolute Gasteiger partial charge is 0.309 e. The zero-order valence-electron chi connectivity index (χ0n) is 9.50. The molecule has 0 saturated carbocycles. The van der Waals surface area contributed by atoms with Crippen molar-refractivity contribution in [3.05, 3.63) is 40.4 Å². The number of hydrogen-bond acceptors (Lipinski definition) is 2. The van der Waals surface area contributed by atoms with Crippen molar-refractivity contribution in [2.75, 3.05) is 0 Å². The van der Waals surface area contributed by atoms with Crippen LogP contribution in [-0.4, -0.2) is 21.3 Å². The second-order valence-corrected chi connectivity index (χ2v) is 4.28. The van der Waals surface area contributed by atoms with Gasteiger partial charge in [-0.25, -0.2) is 4.39 Å². The first-order valence-corrected chi connectivity index (χ1v) is 5.58. The molecule has 2 N–H and O–H groups in total. The van der Waals surface area contributed by atoms with Gasteiger partial charge in [0.15, 0.2) is 0 Å². The number of aromatic nitrogens is 2. The fourth-order valence-corrected chi connectivity index (χ4v) is 1.97. The molecule has 0 unspecified atom stereocenters. The molecule has 0 amide bonds. The summed E-state index contributed by atoms with van der Waals surface area (Å²) in [5.74, 6) is -1.49. The lowest BCUT2D eigenvalue weighted by Crippen LogP contribution is -2.02. The molecule has 4 nitrogen and oxygen atoms in total. The van der Waals surface area contributed by atoms with E-state index < -0.39 is 11.8 Å². The van der Waals surface area contributed by atoms with Crippen molar-refractivity contribution in [1.82, 2.24) is 10.2 Å². The van der Waals surface area contributed by atoms with Gasteiger partial charge < -0.3 is 5.11 Å². The van der Waals surface area contributed by atoms with Gasteiger partial charge in [0.1, 0.15) is 5.82 Å². The summed E-state index contributed by atoms with van der Waals surface area (Å²) in [6.07, 6.45) is -0.200. The van der Waals surface area contributed by atoms with E-state index in [2.05, 4.69) is 10.2 Å². The molecule has 0 saturated heterocycles. The molecule has 0 bridgehead atoms. The lowest BCUT2D eigenvalue weighted by Gasteiger charge is -2.04. The van der Waals surface area contributed by atoms with Crippen LogP contribution in [0.5, 0.6) is 0 Å². The Hall–Kier alpha value is -1.88. The van der Waals surface area contributed by atoms with Gasteiger partial charge in [-0.05, 0) is 24.6 Å². The Morgan fingerprint density at radius 3 is 2.89 bits per heavy atom. The summed E-state index contributed by atoms with van der Waals surface area (Å²) in [5.41, 5.74) is 2.42. The normalized spacial score (nSPS) is 10.6. The van der Waals surface area contributed by atoms with Crippen LogP contribution >= 0.6 is 11.6 Å². The molecular weight excluding hydrogens is 259 g/mol. The summed E-state index contributed by atoms with van der Waals surface area (Å²) in [6.45, 7) is 1.77. The highest BCUT2D eigenvalue weighted by Gasteiger charge is 2.16. The van der Waals surface area contributed by atoms with Crippen molar-refractivity contribution in [3.8, 4) is 11.1 Å². The van der Waals surface area contributed by atoms with E-state index >= 15 is 0 Å². The van der Waals surface area contributed by atoms with Crippen LogP contribution in [0.3, 0.4) is 0 Å². The Bertz CT molecular complexity index is 610. The summed E-state index contributed by atoms with van der Waals surface area (Å²) in [5, 5.41) is 15.5. The highest BCUT2D eigenvalue weighted by Crippen LogP contribution is 2.29. The Morgan fingerprint density at radius 1 is 1.56 bits per heavy atom. The predicted octanol–water partition coefficient (Wildman–Crippen LogP) is 2.80. The fraction of sp³-hybridized carbons (Fsp3) is 0.167. The van der Waals surface area contributed by atoms with Gasteiger partial charge in [0.05, 0.1) is 17.1 Å². The van der Waals surface area contributed by atoms with Gasteiger partial charge >= 0.3 is 5.97 Å². The van der Waals surface area contributed by atoms with Crippen molar-refractivity contribution >= 4 is 17.6 Å². The van der Waals surface area contributed by atoms with E-state index in [4.69, 9.17) is 16.7 Å². The van der Waals surface area contributed by atoms with Gasteiger partial charge in [-0.1, -0.05) is 17.7 Å². The molecule has 0 fully saturated rings. The van der Waals surface area contributed by atoms with E-state index in [1.165, 1.54) is 12.1 Å². The van der Waals surface area contributed by atoms with Crippen molar-refractivity contribution in [2.45, 2.75) is 13.3 Å².